The standard InChI is InChI=1S/C15H11N5O3S2/c21-13(11-4-6-16-7-5-11)17-14-18-19-15(25-14)24-9-10-2-1-3-12(8-10)20(22)23/h1-8H,9H2,(H,17,18,21). The lowest BCUT2D eigenvalue weighted by Crippen LogP contribution is -2.11. The zero-order valence-corrected chi connectivity index (χ0v) is 14.3. The fourth-order valence-electron chi connectivity index (χ4n) is 1.90. The van der Waals surface area contributed by atoms with Crippen molar-refractivity contribution in [3.8, 4) is 0 Å². The molecular formula is C15H11N5O3S2. The second kappa shape index (κ2) is 7.81. The lowest BCUT2D eigenvalue weighted by Gasteiger charge is -2.00. The van der Waals surface area contributed by atoms with E-state index in [1.165, 1.54) is 47.6 Å². The predicted molar refractivity (Wildman–Crippen MR) is 94.8 cm³/mol. The number of non-ortho nitro benzene ring substituents is 1. The highest BCUT2D eigenvalue weighted by molar-refractivity contribution is 8.00. The van der Waals surface area contributed by atoms with Gasteiger partial charge in [0.25, 0.3) is 11.6 Å². The first-order valence-corrected chi connectivity index (χ1v) is 8.83. The second-order valence-corrected chi connectivity index (χ2v) is 6.98. The Hall–Kier alpha value is -2.85. The number of hydrogen-bond acceptors (Lipinski definition) is 8. The first-order chi connectivity index (χ1) is 12.1. The van der Waals surface area contributed by atoms with E-state index >= 15 is 0 Å². The summed E-state index contributed by atoms with van der Waals surface area (Å²) in [6, 6.07) is 9.65. The number of carbonyl (C=O) groups excluding carboxylic acids is 1. The van der Waals surface area contributed by atoms with Crippen molar-refractivity contribution in [2.24, 2.45) is 0 Å². The molecule has 3 rings (SSSR count). The number of anilines is 1. The van der Waals surface area contributed by atoms with Crippen molar-refractivity contribution in [2.45, 2.75) is 10.1 Å². The van der Waals surface area contributed by atoms with Gasteiger partial charge in [-0.15, -0.1) is 10.2 Å². The van der Waals surface area contributed by atoms with Crippen LogP contribution in [0.5, 0.6) is 0 Å². The van der Waals surface area contributed by atoms with E-state index in [9.17, 15) is 14.9 Å². The molecule has 25 heavy (non-hydrogen) atoms. The fourth-order valence-corrected chi connectivity index (χ4v) is 3.59. The number of nitrogens with one attached hydrogen (secondary N) is 1. The molecule has 0 saturated carbocycles. The van der Waals surface area contributed by atoms with Gasteiger partial charge in [0, 0.05) is 35.8 Å². The quantitative estimate of drug-likeness (QED) is 0.305. The van der Waals surface area contributed by atoms with Crippen molar-refractivity contribution >= 4 is 39.8 Å². The van der Waals surface area contributed by atoms with Gasteiger partial charge < -0.3 is 0 Å². The van der Waals surface area contributed by atoms with Crippen LogP contribution in [-0.4, -0.2) is 26.0 Å². The molecule has 2 heterocycles. The van der Waals surface area contributed by atoms with E-state index in [2.05, 4.69) is 20.5 Å². The number of aromatic nitrogens is 3. The Morgan fingerprint density at radius 2 is 2.04 bits per heavy atom. The molecule has 10 heteroatoms. The molecule has 0 bridgehead atoms. The highest BCUT2D eigenvalue weighted by Crippen LogP contribution is 2.29. The molecule has 2 aromatic heterocycles. The lowest BCUT2D eigenvalue weighted by atomic mass is 10.2. The summed E-state index contributed by atoms with van der Waals surface area (Å²) in [5.74, 6) is 0.239. The van der Waals surface area contributed by atoms with Crippen molar-refractivity contribution in [1.82, 2.24) is 15.2 Å². The molecule has 0 spiro atoms. The first kappa shape index (κ1) is 17.0. The van der Waals surface area contributed by atoms with Gasteiger partial charge >= 0.3 is 0 Å². The van der Waals surface area contributed by atoms with E-state index in [1.807, 2.05) is 6.07 Å². The predicted octanol–water partition coefficient (Wildman–Crippen LogP) is 3.39. The average Bonchev–Trinajstić information content (AvgIpc) is 3.08. The maximum Gasteiger partial charge on any atom is 0.269 e. The van der Waals surface area contributed by atoms with E-state index in [0.717, 1.165) is 5.56 Å². The molecule has 8 nitrogen and oxygen atoms in total. The van der Waals surface area contributed by atoms with Gasteiger partial charge in [0.2, 0.25) is 5.13 Å². The van der Waals surface area contributed by atoms with Gasteiger partial charge in [0.1, 0.15) is 0 Å². The van der Waals surface area contributed by atoms with E-state index < -0.39 is 4.92 Å². The summed E-state index contributed by atoms with van der Waals surface area (Å²) in [5, 5.41) is 21.8. The molecule has 0 unspecified atom stereocenters. The van der Waals surface area contributed by atoms with Crippen LogP contribution < -0.4 is 5.32 Å². The van der Waals surface area contributed by atoms with Crippen molar-refractivity contribution in [2.75, 3.05) is 5.32 Å². The first-order valence-electron chi connectivity index (χ1n) is 7.03. The summed E-state index contributed by atoms with van der Waals surface area (Å²) in [7, 11) is 0. The van der Waals surface area contributed by atoms with Crippen molar-refractivity contribution < 1.29 is 9.72 Å². The van der Waals surface area contributed by atoms with Gasteiger partial charge in [-0.25, -0.2) is 0 Å². The van der Waals surface area contributed by atoms with Gasteiger partial charge in [-0.2, -0.15) is 0 Å². The Balaban J connectivity index is 1.59. The molecule has 1 amide bonds. The van der Waals surface area contributed by atoms with E-state index in [1.54, 1.807) is 18.2 Å². The molecule has 0 aliphatic carbocycles. The van der Waals surface area contributed by atoms with Crippen LogP contribution in [0.15, 0.2) is 53.1 Å². The van der Waals surface area contributed by atoms with Crippen LogP contribution >= 0.6 is 23.1 Å². The van der Waals surface area contributed by atoms with Crippen LogP contribution in [0.1, 0.15) is 15.9 Å². The number of thioether (sulfide) groups is 1. The van der Waals surface area contributed by atoms with Crippen LogP contribution in [0.4, 0.5) is 10.8 Å². The number of nitro groups is 1. The number of nitro benzene ring substituents is 1. The zero-order valence-electron chi connectivity index (χ0n) is 12.7. The third-order valence-corrected chi connectivity index (χ3v) is 5.10. The van der Waals surface area contributed by atoms with Crippen LogP contribution in [0.25, 0.3) is 0 Å². The highest BCUT2D eigenvalue weighted by Gasteiger charge is 2.11. The normalized spacial score (nSPS) is 10.4. The summed E-state index contributed by atoms with van der Waals surface area (Å²) >= 11 is 2.64. The molecule has 3 aromatic rings. The molecule has 0 atom stereocenters. The number of rotatable bonds is 6. The Kier molecular flexibility index (Phi) is 5.31. The summed E-state index contributed by atoms with van der Waals surface area (Å²) in [6.07, 6.45) is 3.07. The molecule has 0 aliphatic heterocycles. The Morgan fingerprint density at radius 3 is 2.80 bits per heavy atom. The fraction of sp³-hybridized carbons (Fsp3) is 0.0667. The van der Waals surface area contributed by atoms with Gasteiger partial charge in [0.05, 0.1) is 4.92 Å². The lowest BCUT2D eigenvalue weighted by molar-refractivity contribution is -0.384. The number of carbonyl (C=O) groups is 1. The Morgan fingerprint density at radius 1 is 1.24 bits per heavy atom. The van der Waals surface area contributed by atoms with Crippen molar-refractivity contribution in [1.29, 1.82) is 0 Å². The van der Waals surface area contributed by atoms with E-state index in [-0.39, 0.29) is 11.6 Å². The van der Waals surface area contributed by atoms with Gasteiger partial charge in [-0.1, -0.05) is 35.2 Å². The molecule has 1 aromatic carbocycles. The minimum Gasteiger partial charge on any atom is -0.296 e. The largest absolute Gasteiger partial charge is 0.296 e. The third-order valence-electron chi connectivity index (χ3n) is 3.05. The van der Waals surface area contributed by atoms with Crippen LogP contribution in [0, 0.1) is 10.1 Å². The topological polar surface area (TPSA) is 111 Å². The minimum atomic E-state index is -0.425. The summed E-state index contributed by atoms with van der Waals surface area (Å²) in [6.45, 7) is 0. The van der Waals surface area contributed by atoms with Crippen LogP contribution in [-0.2, 0) is 5.75 Å². The smallest absolute Gasteiger partial charge is 0.269 e. The minimum absolute atomic E-state index is 0.0562. The highest BCUT2D eigenvalue weighted by atomic mass is 32.2. The van der Waals surface area contributed by atoms with E-state index in [4.69, 9.17) is 0 Å². The summed E-state index contributed by atoms with van der Waals surface area (Å²) < 4.78 is 0.663. The van der Waals surface area contributed by atoms with Crippen molar-refractivity contribution in [3.63, 3.8) is 0 Å². The van der Waals surface area contributed by atoms with Gasteiger partial charge in [0.15, 0.2) is 4.34 Å². The molecule has 0 fully saturated rings. The third kappa shape index (κ3) is 4.58. The van der Waals surface area contributed by atoms with Crippen molar-refractivity contribution in [3.05, 3.63) is 70.0 Å². The van der Waals surface area contributed by atoms with E-state index in [0.29, 0.717) is 20.8 Å². The Bertz CT molecular complexity index is 901. The maximum absolute atomic E-state index is 12.0. The average molecular weight is 373 g/mol. The number of pyridine rings is 1. The number of hydrogen-bond donors (Lipinski definition) is 1. The molecule has 126 valence electrons. The zero-order chi connectivity index (χ0) is 17.6. The molecule has 0 radical (unpaired) electrons. The number of nitrogens with zero attached hydrogens (tertiary/aromatic N) is 4. The Labute approximate surface area is 150 Å². The molecule has 0 saturated heterocycles. The second-order valence-electron chi connectivity index (χ2n) is 4.78. The molecular weight excluding hydrogens is 362 g/mol. The summed E-state index contributed by atoms with van der Waals surface area (Å²) in [5.41, 5.74) is 1.36. The number of benzene rings is 1. The SMILES string of the molecule is O=C(Nc1nnc(SCc2cccc([N+](=O)[O-])c2)s1)c1ccncc1. The van der Waals surface area contributed by atoms with Crippen LogP contribution in [0.3, 0.4) is 0 Å². The monoisotopic (exact) mass is 373 g/mol. The number of amides is 1. The van der Waals surface area contributed by atoms with Gasteiger partial charge in [-0.3, -0.25) is 25.2 Å². The maximum atomic E-state index is 12.0. The van der Waals surface area contributed by atoms with Gasteiger partial charge in [-0.05, 0) is 17.7 Å². The van der Waals surface area contributed by atoms with Crippen LogP contribution in [0.2, 0.25) is 0 Å². The molecule has 1 N–H and O–H groups in total. The molecule has 0 aliphatic rings. The summed E-state index contributed by atoms with van der Waals surface area (Å²) in [4.78, 5) is 26.3.